The Bertz CT molecular complexity index is 455. The summed E-state index contributed by atoms with van der Waals surface area (Å²) in [5.74, 6) is 0.222. The molecule has 0 saturated heterocycles. The second kappa shape index (κ2) is 7.90. The molecule has 0 bridgehead atoms. The van der Waals surface area contributed by atoms with Crippen LogP contribution in [-0.4, -0.2) is 48.3 Å². The van der Waals surface area contributed by atoms with Gasteiger partial charge in [0.05, 0.1) is 6.54 Å². The van der Waals surface area contributed by atoms with Crippen molar-refractivity contribution in [2.24, 2.45) is 0 Å². The lowest BCUT2D eigenvalue weighted by molar-refractivity contribution is -0.131. The Morgan fingerprint density at radius 3 is 2.10 bits per heavy atom. The first kappa shape index (κ1) is 16.5. The van der Waals surface area contributed by atoms with E-state index in [2.05, 4.69) is 0 Å². The van der Waals surface area contributed by atoms with Crippen molar-refractivity contribution in [1.29, 1.82) is 0 Å². The SMILES string of the molecule is CCN(CC)C(=O)CN(C)C(=O)c1ccc(CCl)cc1. The molecule has 4 nitrogen and oxygen atoms in total. The van der Waals surface area contributed by atoms with Gasteiger partial charge in [-0.15, -0.1) is 11.6 Å². The minimum atomic E-state index is -0.161. The van der Waals surface area contributed by atoms with Gasteiger partial charge in [-0.25, -0.2) is 0 Å². The van der Waals surface area contributed by atoms with Gasteiger partial charge in [-0.3, -0.25) is 9.59 Å². The van der Waals surface area contributed by atoms with E-state index in [-0.39, 0.29) is 18.4 Å². The smallest absolute Gasteiger partial charge is 0.254 e. The van der Waals surface area contributed by atoms with Gasteiger partial charge in [-0.2, -0.15) is 0 Å². The normalized spacial score (nSPS) is 10.2. The molecule has 0 spiro atoms. The number of likely N-dealkylation sites (N-methyl/N-ethyl adjacent to an activating group) is 2. The highest BCUT2D eigenvalue weighted by molar-refractivity contribution is 6.17. The minimum Gasteiger partial charge on any atom is -0.342 e. The summed E-state index contributed by atoms with van der Waals surface area (Å²) >= 11 is 5.71. The predicted octanol–water partition coefficient (Wildman–Crippen LogP) is 2.37. The summed E-state index contributed by atoms with van der Waals surface area (Å²) in [7, 11) is 1.64. The highest BCUT2D eigenvalue weighted by Gasteiger charge is 2.17. The number of carbonyl (C=O) groups is 2. The number of amides is 2. The average molecular weight is 297 g/mol. The van der Waals surface area contributed by atoms with Gasteiger partial charge in [0.25, 0.3) is 5.91 Å². The number of hydrogen-bond donors (Lipinski definition) is 0. The maximum atomic E-state index is 12.2. The Balaban J connectivity index is 2.68. The van der Waals surface area contributed by atoms with Crippen LogP contribution < -0.4 is 0 Å². The molecule has 0 aromatic heterocycles. The van der Waals surface area contributed by atoms with E-state index in [0.29, 0.717) is 24.5 Å². The average Bonchev–Trinajstić information content (AvgIpc) is 2.47. The van der Waals surface area contributed by atoms with E-state index in [0.717, 1.165) is 5.56 Å². The third-order valence-corrected chi connectivity index (χ3v) is 3.50. The first-order chi connectivity index (χ1) is 9.53. The van der Waals surface area contributed by atoms with E-state index in [4.69, 9.17) is 11.6 Å². The Morgan fingerprint density at radius 2 is 1.65 bits per heavy atom. The lowest BCUT2D eigenvalue weighted by atomic mass is 10.1. The number of carbonyl (C=O) groups excluding carboxylic acids is 2. The van der Waals surface area contributed by atoms with Crippen LogP contribution in [0.15, 0.2) is 24.3 Å². The number of hydrogen-bond acceptors (Lipinski definition) is 2. The molecule has 0 aliphatic heterocycles. The van der Waals surface area contributed by atoms with Crippen LogP contribution in [0.1, 0.15) is 29.8 Å². The maximum Gasteiger partial charge on any atom is 0.254 e. The zero-order chi connectivity index (χ0) is 15.1. The van der Waals surface area contributed by atoms with E-state index >= 15 is 0 Å². The van der Waals surface area contributed by atoms with E-state index in [1.807, 2.05) is 26.0 Å². The second-order valence-corrected chi connectivity index (χ2v) is 4.83. The summed E-state index contributed by atoms with van der Waals surface area (Å²) in [6.45, 7) is 5.25. The molecule has 0 heterocycles. The number of benzene rings is 1. The van der Waals surface area contributed by atoms with Crippen molar-refractivity contribution in [1.82, 2.24) is 9.80 Å². The van der Waals surface area contributed by atoms with Gasteiger partial charge in [0.15, 0.2) is 0 Å². The molecule has 1 rings (SSSR count). The summed E-state index contributed by atoms with van der Waals surface area (Å²) in [4.78, 5) is 27.3. The van der Waals surface area contributed by atoms with E-state index < -0.39 is 0 Å². The molecule has 110 valence electrons. The summed E-state index contributed by atoms with van der Waals surface area (Å²) < 4.78 is 0. The molecule has 2 amide bonds. The molecule has 5 heteroatoms. The Morgan fingerprint density at radius 1 is 1.10 bits per heavy atom. The van der Waals surface area contributed by atoms with Crippen molar-refractivity contribution in [3.05, 3.63) is 35.4 Å². The molecule has 1 aromatic carbocycles. The van der Waals surface area contributed by atoms with Gasteiger partial charge >= 0.3 is 0 Å². The maximum absolute atomic E-state index is 12.2. The molecule has 0 fully saturated rings. The Labute approximate surface area is 125 Å². The molecule has 20 heavy (non-hydrogen) atoms. The van der Waals surface area contributed by atoms with Crippen molar-refractivity contribution in [3.8, 4) is 0 Å². The molecule has 0 aliphatic carbocycles. The molecule has 0 aliphatic rings. The largest absolute Gasteiger partial charge is 0.342 e. The third-order valence-electron chi connectivity index (χ3n) is 3.19. The lowest BCUT2D eigenvalue weighted by Gasteiger charge is -2.23. The van der Waals surface area contributed by atoms with Gasteiger partial charge in [0.1, 0.15) is 0 Å². The number of rotatable bonds is 6. The highest BCUT2D eigenvalue weighted by Crippen LogP contribution is 2.09. The quantitative estimate of drug-likeness (QED) is 0.756. The van der Waals surface area contributed by atoms with Crippen LogP contribution in [0.4, 0.5) is 0 Å². The van der Waals surface area contributed by atoms with E-state index in [9.17, 15) is 9.59 Å². The molecule has 0 saturated carbocycles. The van der Waals surface area contributed by atoms with Crippen molar-refractivity contribution >= 4 is 23.4 Å². The summed E-state index contributed by atoms with van der Waals surface area (Å²) in [6, 6.07) is 7.11. The molecular weight excluding hydrogens is 276 g/mol. The van der Waals surface area contributed by atoms with Gasteiger partial charge in [-0.1, -0.05) is 12.1 Å². The minimum absolute atomic E-state index is 0.0387. The first-order valence-electron chi connectivity index (χ1n) is 6.71. The standard InChI is InChI=1S/C15H21ClN2O2/c1-4-18(5-2)14(19)11-17(3)15(20)13-8-6-12(10-16)7-9-13/h6-9H,4-5,10-11H2,1-3H3. The molecular formula is C15H21ClN2O2. The van der Waals surface area contributed by atoms with Crippen LogP contribution in [0.25, 0.3) is 0 Å². The lowest BCUT2D eigenvalue weighted by Crippen LogP contribution is -2.41. The third kappa shape index (κ3) is 4.23. The number of nitrogens with zero attached hydrogens (tertiary/aromatic N) is 2. The zero-order valence-corrected chi connectivity index (χ0v) is 13.0. The fraction of sp³-hybridized carbons (Fsp3) is 0.467. The van der Waals surface area contributed by atoms with Crippen molar-refractivity contribution < 1.29 is 9.59 Å². The van der Waals surface area contributed by atoms with Gasteiger partial charge < -0.3 is 9.80 Å². The fourth-order valence-corrected chi connectivity index (χ4v) is 2.09. The van der Waals surface area contributed by atoms with Gasteiger partial charge in [0, 0.05) is 31.6 Å². The monoisotopic (exact) mass is 296 g/mol. The van der Waals surface area contributed by atoms with Gasteiger partial charge in [-0.05, 0) is 31.5 Å². The predicted molar refractivity (Wildman–Crippen MR) is 80.9 cm³/mol. The van der Waals surface area contributed by atoms with Crippen molar-refractivity contribution in [2.75, 3.05) is 26.7 Å². The van der Waals surface area contributed by atoms with Crippen LogP contribution in [0.3, 0.4) is 0 Å². The van der Waals surface area contributed by atoms with E-state index in [1.54, 1.807) is 24.1 Å². The Kier molecular flexibility index (Phi) is 6.52. The zero-order valence-electron chi connectivity index (χ0n) is 12.2. The molecule has 0 atom stereocenters. The van der Waals surface area contributed by atoms with Crippen molar-refractivity contribution in [2.45, 2.75) is 19.7 Å². The number of halogens is 1. The van der Waals surface area contributed by atoms with E-state index in [1.165, 1.54) is 4.90 Å². The summed E-state index contributed by atoms with van der Waals surface area (Å²) in [5, 5.41) is 0. The molecule has 0 unspecified atom stereocenters. The summed E-state index contributed by atoms with van der Waals surface area (Å²) in [6.07, 6.45) is 0. The van der Waals surface area contributed by atoms with Crippen LogP contribution in [0, 0.1) is 0 Å². The van der Waals surface area contributed by atoms with Gasteiger partial charge in [0.2, 0.25) is 5.91 Å². The first-order valence-corrected chi connectivity index (χ1v) is 7.25. The Hall–Kier alpha value is -1.55. The van der Waals surface area contributed by atoms with Crippen LogP contribution in [0.5, 0.6) is 0 Å². The fourth-order valence-electron chi connectivity index (χ4n) is 1.91. The number of alkyl halides is 1. The van der Waals surface area contributed by atoms with Crippen LogP contribution in [0.2, 0.25) is 0 Å². The van der Waals surface area contributed by atoms with Crippen LogP contribution in [-0.2, 0) is 10.7 Å². The second-order valence-electron chi connectivity index (χ2n) is 4.56. The molecule has 1 aromatic rings. The van der Waals surface area contributed by atoms with Crippen LogP contribution >= 0.6 is 11.6 Å². The highest BCUT2D eigenvalue weighted by atomic mass is 35.5. The molecule has 0 radical (unpaired) electrons. The summed E-state index contributed by atoms with van der Waals surface area (Å²) in [5.41, 5.74) is 1.53. The van der Waals surface area contributed by atoms with Crippen molar-refractivity contribution in [3.63, 3.8) is 0 Å². The molecule has 0 N–H and O–H groups in total. The topological polar surface area (TPSA) is 40.6 Å².